The minimum Gasteiger partial charge on any atom is -0.378 e. The summed E-state index contributed by atoms with van der Waals surface area (Å²) >= 11 is 0. The first-order chi connectivity index (χ1) is 15.2. The molecular weight excluding hydrogens is 402 g/mol. The summed E-state index contributed by atoms with van der Waals surface area (Å²) in [5.41, 5.74) is 2.19. The minimum absolute atomic E-state index is 0.0164. The summed E-state index contributed by atoms with van der Waals surface area (Å²) < 4.78 is 34.1. The Kier molecular flexibility index (Phi) is 5.52. The molecule has 1 aromatic heterocycles. The largest absolute Gasteiger partial charge is 0.378 e. The van der Waals surface area contributed by atoms with Gasteiger partial charge in [0.2, 0.25) is 5.95 Å². The number of nitrogens with one attached hydrogen (secondary N) is 1. The molecule has 0 radical (unpaired) electrons. The second-order valence-corrected chi connectivity index (χ2v) is 7.80. The molecule has 2 aromatic carbocycles. The Bertz CT molecular complexity index is 1020. The quantitative estimate of drug-likeness (QED) is 0.652. The number of piperazine rings is 1. The van der Waals surface area contributed by atoms with Crippen molar-refractivity contribution in [3.8, 4) is 5.69 Å². The maximum absolute atomic E-state index is 13.6. The molecule has 0 bridgehead atoms. The number of hydrogen-bond donors (Lipinski definition) is 1. The number of benzene rings is 2. The van der Waals surface area contributed by atoms with E-state index >= 15 is 0 Å². The van der Waals surface area contributed by atoms with Crippen LogP contribution in [0.2, 0.25) is 0 Å². The van der Waals surface area contributed by atoms with Crippen LogP contribution in [0.1, 0.15) is 12.0 Å². The van der Waals surface area contributed by atoms with Gasteiger partial charge in [-0.1, -0.05) is 18.2 Å². The normalized spacial score (nSPS) is 17.7. The van der Waals surface area contributed by atoms with E-state index in [4.69, 9.17) is 4.74 Å². The van der Waals surface area contributed by atoms with E-state index in [9.17, 15) is 8.78 Å². The van der Waals surface area contributed by atoms with Gasteiger partial charge >= 0.3 is 0 Å². The predicted octanol–water partition coefficient (Wildman–Crippen LogP) is 3.47. The molecule has 0 spiro atoms. The van der Waals surface area contributed by atoms with Gasteiger partial charge in [0.05, 0.1) is 24.9 Å². The van der Waals surface area contributed by atoms with E-state index < -0.39 is 6.43 Å². The lowest BCUT2D eigenvalue weighted by atomic mass is 10.1. The van der Waals surface area contributed by atoms with E-state index in [1.807, 2.05) is 36.4 Å². The van der Waals surface area contributed by atoms with Gasteiger partial charge < -0.3 is 15.0 Å². The zero-order chi connectivity index (χ0) is 21.2. The molecule has 1 N–H and O–H groups in total. The van der Waals surface area contributed by atoms with Crippen LogP contribution in [0.3, 0.4) is 0 Å². The number of ether oxygens (including phenoxy) is 1. The highest BCUT2D eigenvalue weighted by Gasteiger charge is 2.29. The number of anilines is 3. The molecule has 5 rings (SSSR count). The zero-order valence-electron chi connectivity index (χ0n) is 17.0. The summed E-state index contributed by atoms with van der Waals surface area (Å²) in [4.78, 5) is 8.84. The van der Waals surface area contributed by atoms with E-state index in [0.717, 1.165) is 50.8 Å². The molecular formula is C22H24F2N6O. The van der Waals surface area contributed by atoms with E-state index in [1.165, 1.54) is 6.07 Å². The van der Waals surface area contributed by atoms with Gasteiger partial charge in [0.1, 0.15) is 6.33 Å². The molecule has 2 aliphatic rings. The van der Waals surface area contributed by atoms with Gasteiger partial charge in [-0.2, -0.15) is 4.98 Å². The van der Waals surface area contributed by atoms with Crippen LogP contribution in [-0.4, -0.2) is 65.1 Å². The fourth-order valence-electron chi connectivity index (χ4n) is 3.95. The molecule has 31 heavy (non-hydrogen) atoms. The monoisotopic (exact) mass is 426 g/mol. The van der Waals surface area contributed by atoms with Crippen LogP contribution >= 0.6 is 0 Å². The molecule has 2 fully saturated rings. The average molecular weight is 426 g/mol. The summed E-state index contributed by atoms with van der Waals surface area (Å²) in [5.74, 6) is 0.357. The Hall–Kier alpha value is -3.04. The Morgan fingerprint density at radius 1 is 0.968 bits per heavy atom. The molecule has 0 unspecified atom stereocenters. The van der Waals surface area contributed by atoms with Crippen molar-refractivity contribution < 1.29 is 13.5 Å². The van der Waals surface area contributed by atoms with E-state index in [0.29, 0.717) is 17.7 Å². The van der Waals surface area contributed by atoms with E-state index in [2.05, 4.69) is 25.2 Å². The molecule has 0 atom stereocenters. The third kappa shape index (κ3) is 4.38. The second-order valence-electron chi connectivity index (χ2n) is 7.80. The lowest BCUT2D eigenvalue weighted by Crippen LogP contribution is -2.56. The minimum atomic E-state index is -2.55. The molecule has 2 saturated heterocycles. The highest BCUT2D eigenvalue weighted by Crippen LogP contribution is 2.30. The van der Waals surface area contributed by atoms with Crippen molar-refractivity contribution in [1.82, 2.24) is 19.7 Å². The second kappa shape index (κ2) is 8.60. The molecule has 2 aliphatic heterocycles. The number of hydrogen-bond acceptors (Lipinski definition) is 6. The Labute approximate surface area is 179 Å². The maximum atomic E-state index is 13.6. The first kappa shape index (κ1) is 19.9. The number of halogens is 2. The van der Waals surface area contributed by atoms with Crippen molar-refractivity contribution in [1.29, 1.82) is 0 Å². The third-order valence-electron chi connectivity index (χ3n) is 5.78. The summed E-state index contributed by atoms with van der Waals surface area (Å²) in [7, 11) is 0. The van der Waals surface area contributed by atoms with Crippen molar-refractivity contribution in [2.24, 2.45) is 0 Å². The van der Waals surface area contributed by atoms with Crippen LogP contribution in [0, 0.1) is 0 Å². The molecule has 7 nitrogen and oxygen atoms in total. The van der Waals surface area contributed by atoms with Gasteiger partial charge in [0.25, 0.3) is 6.43 Å². The third-order valence-corrected chi connectivity index (χ3v) is 5.78. The first-order valence-corrected chi connectivity index (χ1v) is 10.4. The first-order valence-electron chi connectivity index (χ1n) is 10.4. The van der Waals surface area contributed by atoms with Crippen molar-refractivity contribution in [2.45, 2.75) is 12.5 Å². The van der Waals surface area contributed by atoms with Gasteiger partial charge in [-0.25, -0.2) is 13.5 Å². The van der Waals surface area contributed by atoms with Crippen molar-refractivity contribution in [3.05, 3.63) is 60.4 Å². The van der Waals surface area contributed by atoms with Crippen LogP contribution in [0.5, 0.6) is 0 Å². The SMILES string of the molecule is FC(F)c1cc(Nc2ncn(-c3ccccc3)n2)cc(N2CCN(C3COC3)CC2)c1. The lowest BCUT2D eigenvalue weighted by Gasteiger charge is -2.43. The zero-order valence-corrected chi connectivity index (χ0v) is 17.0. The van der Waals surface area contributed by atoms with E-state index in [1.54, 1.807) is 17.1 Å². The average Bonchev–Trinajstić information content (AvgIpc) is 3.22. The topological polar surface area (TPSA) is 58.5 Å². The fourth-order valence-corrected chi connectivity index (χ4v) is 3.95. The summed E-state index contributed by atoms with van der Waals surface area (Å²) in [6, 6.07) is 15.0. The van der Waals surface area contributed by atoms with Crippen molar-refractivity contribution in [2.75, 3.05) is 49.6 Å². The van der Waals surface area contributed by atoms with E-state index in [-0.39, 0.29) is 5.56 Å². The number of rotatable bonds is 6. The van der Waals surface area contributed by atoms with Gasteiger partial charge in [0, 0.05) is 43.1 Å². The van der Waals surface area contributed by atoms with Gasteiger partial charge in [0.15, 0.2) is 0 Å². The van der Waals surface area contributed by atoms with Crippen LogP contribution in [0.15, 0.2) is 54.9 Å². The Morgan fingerprint density at radius 3 is 2.42 bits per heavy atom. The highest BCUT2D eigenvalue weighted by atomic mass is 19.3. The molecule has 0 amide bonds. The molecule has 3 aromatic rings. The van der Waals surface area contributed by atoms with Gasteiger partial charge in [-0.3, -0.25) is 4.90 Å². The number of nitrogens with zero attached hydrogens (tertiary/aromatic N) is 5. The molecule has 0 saturated carbocycles. The predicted molar refractivity (Wildman–Crippen MR) is 114 cm³/mol. The number of alkyl halides is 2. The maximum Gasteiger partial charge on any atom is 0.263 e. The van der Waals surface area contributed by atoms with Crippen LogP contribution in [0.4, 0.5) is 26.1 Å². The summed E-state index contributed by atoms with van der Waals surface area (Å²) in [5, 5.41) is 7.50. The highest BCUT2D eigenvalue weighted by molar-refractivity contribution is 5.64. The number of aromatic nitrogens is 3. The molecule has 162 valence electrons. The fraction of sp³-hybridized carbons (Fsp3) is 0.364. The summed E-state index contributed by atoms with van der Waals surface area (Å²) in [6.45, 7) is 4.97. The van der Waals surface area contributed by atoms with Gasteiger partial charge in [-0.05, 0) is 30.3 Å². The Balaban J connectivity index is 1.33. The van der Waals surface area contributed by atoms with Crippen LogP contribution in [-0.2, 0) is 4.74 Å². The number of para-hydroxylation sites is 1. The lowest BCUT2D eigenvalue weighted by molar-refractivity contribution is -0.0660. The molecule has 3 heterocycles. The van der Waals surface area contributed by atoms with Crippen molar-refractivity contribution in [3.63, 3.8) is 0 Å². The Morgan fingerprint density at radius 2 is 1.74 bits per heavy atom. The molecule has 9 heteroatoms. The van der Waals surface area contributed by atoms with Crippen molar-refractivity contribution >= 4 is 17.3 Å². The standard InChI is InChI=1S/C22H24F2N6O/c23-21(24)16-10-17(26-22-25-15-30(27-22)18-4-2-1-3-5-18)12-19(11-16)28-6-8-29(9-7-28)20-13-31-14-20/h1-5,10-12,15,20-21H,6-9,13-14H2,(H,26,27). The van der Waals surface area contributed by atoms with Gasteiger partial charge in [-0.15, -0.1) is 5.10 Å². The van der Waals surface area contributed by atoms with Crippen LogP contribution < -0.4 is 10.2 Å². The summed E-state index contributed by atoms with van der Waals surface area (Å²) in [6.07, 6.45) is -0.956. The molecule has 0 aliphatic carbocycles. The smallest absolute Gasteiger partial charge is 0.263 e. The van der Waals surface area contributed by atoms with Crippen LogP contribution in [0.25, 0.3) is 5.69 Å².